The molecule has 0 saturated carbocycles. The van der Waals surface area contributed by atoms with Gasteiger partial charge >= 0.3 is 6.03 Å². The number of amides is 2. The van der Waals surface area contributed by atoms with E-state index in [9.17, 15) is 4.79 Å². The van der Waals surface area contributed by atoms with E-state index in [4.69, 9.17) is 0 Å². The molecule has 144 valence electrons. The Morgan fingerprint density at radius 2 is 2.14 bits per heavy atom. The van der Waals surface area contributed by atoms with Crippen LogP contribution < -0.4 is 10.2 Å². The van der Waals surface area contributed by atoms with Crippen molar-refractivity contribution in [2.24, 2.45) is 0 Å². The Balaban J connectivity index is 1.54. The van der Waals surface area contributed by atoms with Crippen LogP contribution in [-0.2, 0) is 6.54 Å². The topological polar surface area (TPSA) is 61.4 Å². The molecule has 0 unspecified atom stereocenters. The average molecular weight is 394 g/mol. The zero-order valence-electron chi connectivity index (χ0n) is 16.0. The van der Waals surface area contributed by atoms with Crippen LogP contribution in [0.5, 0.6) is 0 Å². The highest BCUT2D eigenvalue weighted by Crippen LogP contribution is 2.29. The highest BCUT2D eigenvalue weighted by molar-refractivity contribution is 7.14. The summed E-state index contributed by atoms with van der Waals surface area (Å²) in [4.78, 5) is 26.0. The van der Waals surface area contributed by atoms with Crippen molar-refractivity contribution in [3.8, 4) is 11.3 Å². The van der Waals surface area contributed by atoms with Crippen LogP contribution in [0, 0.1) is 0 Å². The molecule has 0 spiro atoms. The number of carbonyl (C=O) groups excluding carboxylic acids is 1. The molecular weight excluding hydrogens is 370 g/mol. The Labute approximate surface area is 168 Å². The van der Waals surface area contributed by atoms with E-state index in [1.807, 2.05) is 34.5 Å². The summed E-state index contributed by atoms with van der Waals surface area (Å²) in [6.07, 6.45) is 4.40. The van der Waals surface area contributed by atoms with Gasteiger partial charge in [0.1, 0.15) is 0 Å². The van der Waals surface area contributed by atoms with Crippen molar-refractivity contribution in [1.29, 1.82) is 0 Å². The Hall–Kier alpha value is -2.93. The first kappa shape index (κ1) is 18.4. The SMILES string of the molecule is CC[C@@H]1CN(C)c2ccccc2CN1C(=O)Nc1nc(-c2cccnc2)cs1. The molecular formula is C21H23N5OS. The van der Waals surface area contributed by atoms with Crippen molar-refractivity contribution >= 4 is 28.2 Å². The van der Waals surface area contributed by atoms with Crippen molar-refractivity contribution in [3.05, 3.63) is 59.7 Å². The number of fused-ring (bicyclic) bond motifs is 1. The number of likely N-dealkylation sites (N-methyl/N-ethyl adjacent to an activating group) is 1. The largest absolute Gasteiger partial charge is 0.372 e. The zero-order chi connectivity index (χ0) is 19.5. The maximum absolute atomic E-state index is 13.1. The Morgan fingerprint density at radius 3 is 2.93 bits per heavy atom. The van der Waals surface area contributed by atoms with Crippen LogP contribution in [0.3, 0.4) is 0 Å². The van der Waals surface area contributed by atoms with E-state index in [2.05, 4.69) is 46.3 Å². The molecule has 6 nitrogen and oxygen atoms in total. The number of anilines is 2. The van der Waals surface area contributed by atoms with Crippen LogP contribution in [-0.4, -0.2) is 40.5 Å². The predicted molar refractivity (Wildman–Crippen MR) is 114 cm³/mol. The van der Waals surface area contributed by atoms with Crippen LogP contribution in [0.25, 0.3) is 11.3 Å². The van der Waals surface area contributed by atoms with Gasteiger partial charge < -0.3 is 9.80 Å². The number of nitrogens with zero attached hydrogens (tertiary/aromatic N) is 4. The van der Waals surface area contributed by atoms with E-state index in [-0.39, 0.29) is 12.1 Å². The molecule has 1 aromatic carbocycles. The second kappa shape index (κ2) is 7.98. The number of nitrogens with one attached hydrogen (secondary N) is 1. The lowest BCUT2D eigenvalue weighted by Gasteiger charge is -2.30. The number of carbonyl (C=O) groups is 1. The van der Waals surface area contributed by atoms with Gasteiger partial charge in [-0.3, -0.25) is 10.3 Å². The standard InChI is InChI=1S/C21H23N5OS/c1-3-17-13-25(2)19-9-5-4-7-16(19)12-26(17)21(27)24-20-23-18(14-28-20)15-8-6-10-22-11-15/h4-11,14,17H,3,12-13H2,1-2H3,(H,23,24,27)/t17-/m1/s1. The molecule has 1 atom stereocenters. The lowest BCUT2D eigenvalue weighted by Crippen LogP contribution is -2.45. The molecule has 0 radical (unpaired) electrons. The molecule has 0 aliphatic carbocycles. The number of para-hydroxylation sites is 1. The monoisotopic (exact) mass is 393 g/mol. The van der Waals surface area contributed by atoms with Crippen molar-refractivity contribution in [3.63, 3.8) is 0 Å². The molecule has 3 aromatic rings. The number of aromatic nitrogens is 2. The van der Waals surface area contributed by atoms with Crippen LogP contribution in [0.4, 0.5) is 15.6 Å². The number of pyridine rings is 1. The van der Waals surface area contributed by atoms with E-state index in [0.29, 0.717) is 11.7 Å². The van der Waals surface area contributed by atoms with Gasteiger partial charge in [0.25, 0.3) is 0 Å². The molecule has 2 amide bonds. The van der Waals surface area contributed by atoms with Crippen molar-refractivity contribution in [1.82, 2.24) is 14.9 Å². The van der Waals surface area contributed by atoms with Gasteiger partial charge in [0.2, 0.25) is 0 Å². The molecule has 1 N–H and O–H groups in total. The number of hydrogen-bond donors (Lipinski definition) is 1. The predicted octanol–water partition coefficient (Wildman–Crippen LogP) is 4.47. The van der Waals surface area contributed by atoms with Gasteiger partial charge in [-0.2, -0.15) is 0 Å². The van der Waals surface area contributed by atoms with Crippen molar-refractivity contribution in [2.45, 2.75) is 25.9 Å². The fourth-order valence-electron chi connectivity index (χ4n) is 3.57. The van der Waals surface area contributed by atoms with E-state index in [0.717, 1.165) is 29.8 Å². The minimum absolute atomic E-state index is 0.107. The van der Waals surface area contributed by atoms with E-state index >= 15 is 0 Å². The third-order valence-electron chi connectivity index (χ3n) is 5.08. The summed E-state index contributed by atoms with van der Waals surface area (Å²) in [5, 5.41) is 5.54. The van der Waals surface area contributed by atoms with Gasteiger partial charge in [-0.05, 0) is 30.2 Å². The van der Waals surface area contributed by atoms with Gasteiger partial charge in [0.05, 0.1) is 11.7 Å². The van der Waals surface area contributed by atoms with Crippen LogP contribution >= 0.6 is 11.3 Å². The highest BCUT2D eigenvalue weighted by atomic mass is 32.1. The summed E-state index contributed by atoms with van der Waals surface area (Å²) >= 11 is 1.43. The average Bonchev–Trinajstić information content (AvgIpc) is 3.13. The van der Waals surface area contributed by atoms with Crippen molar-refractivity contribution in [2.75, 3.05) is 23.8 Å². The molecule has 0 bridgehead atoms. The molecule has 1 aliphatic heterocycles. The number of rotatable bonds is 3. The van der Waals surface area contributed by atoms with Crippen molar-refractivity contribution < 1.29 is 4.79 Å². The number of urea groups is 1. The summed E-state index contributed by atoms with van der Waals surface area (Å²) in [5.74, 6) is 0. The number of benzene rings is 1. The summed E-state index contributed by atoms with van der Waals surface area (Å²) < 4.78 is 0. The quantitative estimate of drug-likeness (QED) is 0.713. The second-order valence-electron chi connectivity index (χ2n) is 6.91. The molecule has 0 saturated heterocycles. The number of hydrogen-bond acceptors (Lipinski definition) is 5. The lowest BCUT2D eigenvalue weighted by atomic mass is 10.1. The van der Waals surface area contributed by atoms with Gasteiger partial charge in [-0.1, -0.05) is 25.1 Å². The van der Waals surface area contributed by atoms with E-state index in [1.165, 1.54) is 17.0 Å². The first-order chi connectivity index (χ1) is 13.7. The van der Waals surface area contributed by atoms with E-state index in [1.54, 1.807) is 12.4 Å². The zero-order valence-corrected chi connectivity index (χ0v) is 16.8. The molecule has 3 heterocycles. The molecule has 0 fully saturated rings. The minimum Gasteiger partial charge on any atom is -0.372 e. The highest BCUT2D eigenvalue weighted by Gasteiger charge is 2.29. The number of thiazole rings is 1. The summed E-state index contributed by atoms with van der Waals surface area (Å²) in [6, 6.07) is 12.1. The normalized spacial score (nSPS) is 16.4. The first-order valence-corrected chi connectivity index (χ1v) is 10.3. The summed E-state index contributed by atoms with van der Waals surface area (Å²) in [5.41, 5.74) is 4.10. The molecule has 1 aliphatic rings. The summed E-state index contributed by atoms with van der Waals surface area (Å²) in [6.45, 7) is 3.52. The van der Waals surface area contributed by atoms with Gasteiger partial charge in [0, 0.05) is 49.2 Å². The van der Waals surface area contributed by atoms with Crippen LogP contribution in [0.15, 0.2) is 54.2 Å². The van der Waals surface area contributed by atoms with Crippen LogP contribution in [0.2, 0.25) is 0 Å². The fourth-order valence-corrected chi connectivity index (χ4v) is 4.28. The fraction of sp³-hybridized carbons (Fsp3) is 0.286. The Kier molecular flexibility index (Phi) is 5.25. The molecule has 28 heavy (non-hydrogen) atoms. The van der Waals surface area contributed by atoms with E-state index < -0.39 is 0 Å². The maximum Gasteiger partial charge on any atom is 0.324 e. The smallest absolute Gasteiger partial charge is 0.324 e. The molecule has 2 aromatic heterocycles. The Bertz CT molecular complexity index is 958. The first-order valence-electron chi connectivity index (χ1n) is 9.38. The third kappa shape index (κ3) is 3.71. The maximum atomic E-state index is 13.1. The van der Waals surface area contributed by atoms with Gasteiger partial charge in [-0.15, -0.1) is 11.3 Å². The Morgan fingerprint density at radius 1 is 1.29 bits per heavy atom. The molecule has 4 rings (SSSR count). The summed E-state index contributed by atoms with van der Waals surface area (Å²) in [7, 11) is 2.09. The van der Waals surface area contributed by atoms with Gasteiger partial charge in [0.15, 0.2) is 5.13 Å². The van der Waals surface area contributed by atoms with Crippen LogP contribution in [0.1, 0.15) is 18.9 Å². The minimum atomic E-state index is -0.107. The lowest BCUT2D eigenvalue weighted by molar-refractivity contribution is 0.185. The molecule has 7 heteroatoms. The second-order valence-corrected chi connectivity index (χ2v) is 7.77. The van der Waals surface area contributed by atoms with Gasteiger partial charge in [-0.25, -0.2) is 9.78 Å². The third-order valence-corrected chi connectivity index (χ3v) is 5.83.